The zero-order chi connectivity index (χ0) is 11.4. The van der Waals surface area contributed by atoms with Crippen LogP contribution in [-0.2, 0) is 11.3 Å². The number of carbonyl (C=O) groups is 1. The van der Waals surface area contributed by atoms with Crippen molar-refractivity contribution in [1.82, 2.24) is 10.6 Å². The van der Waals surface area contributed by atoms with Crippen LogP contribution in [0, 0.1) is 5.92 Å². The average molecular weight is 259 g/mol. The van der Waals surface area contributed by atoms with Crippen LogP contribution in [0.2, 0.25) is 4.34 Å². The molecule has 1 amide bonds. The van der Waals surface area contributed by atoms with Gasteiger partial charge in [-0.15, -0.1) is 11.3 Å². The van der Waals surface area contributed by atoms with Crippen LogP contribution in [0.1, 0.15) is 17.7 Å². The fraction of sp³-hybridized carbons (Fsp3) is 0.545. The minimum Gasteiger partial charge on any atom is -0.355 e. The highest BCUT2D eigenvalue weighted by atomic mass is 35.5. The Kier molecular flexibility index (Phi) is 4.21. The van der Waals surface area contributed by atoms with E-state index < -0.39 is 0 Å². The van der Waals surface area contributed by atoms with Crippen LogP contribution in [-0.4, -0.2) is 19.0 Å². The summed E-state index contributed by atoms with van der Waals surface area (Å²) in [5.74, 6) is 0.511. The topological polar surface area (TPSA) is 41.1 Å². The van der Waals surface area contributed by atoms with Gasteiger partial charge in [-0.25, -0.2) is 0 Å². The number of carbonyl (C=O) groups excluding carboxylic acids is 1. The SMILES string of the molecule is O=C(NCCNCc1ccc(Cl)s1)C1CC1. The Morgan fingerprint density at radius 2 is 2.25 bits per heavy atom. The van der Waals surface area contributed by atoms with Crippen LogP contribution in [0.15, 0.2) is 12.1 Å². The standard InChI is InChI=1S/C11H15ClN2OS/c12-10-4-3-9(16-10)7-13-5-6-14-11(15)8-1-2-8/h3-4,8,13H,1-2,5-7H2,(H,14,15). The first-order valence-electron chi connectivity index (χ1n) is 5.48. The van der Waals surface area contributed by atoms with Gasteiger partial charge in [0.15, 0.2) is 0 Å². The number of halogens is 1. The maximum absolute atomic E-state index is 11.3. The molecule has 0 radical (unpaired) electrons. The van der Waals surface area contributed by atoms with E-state index in [2.05, 4.69) is 10.6 Å². The molecule has 1 aromatic heterocycles. The zero-order valence-corrected chi connectivity index (χ0v) is 10.5. The monoisotopic (exact) mass is 258 g/mol. The van der Waals surface area contributed by atoms with Crippen LogP contribution in [0.3, 0.4) is 0 Å². The van der Waals surface area contributed by atoms with Crippen molar-refractivity contribution in [3.63, 3.8) is 0 Å². The Labute approximate surface area is 104 Å². The third kappa shape index (κ3) is 3.77. The van der Waals surface area contributed by atoms with E-state index in [1.807, 2.05) is 12.1 Å². The molecule has 5 heteroatoms. The summed E-state index contributed by atoms with van der Waals surface area (Å²) in [7, 11) is 0. The van der Waals surface area contributed by atoms with E-state index >= 15 is 0 Å². The lowest BCUT2D eigenvalue weighted by molar-refractivity contribution is -0.122. The van der Waals surface area contributed by atoms with Gasteiger partial charge in [-0.2, -0.15) is 0 Å². The molecule has 0 spiro atoms. The van der Waals surface area contributed by atoms with Crippen LogP contribution in [0.25, 0.3) is 0 Å². The second-order valence-electron chi connectivity index (χ2n) is 3.95. The van der Waals surface area contributed by atoms with Gasteiger partial charge in [0.1, 0.15) is 0 Å². The van der Waals surface area contributed by atoms with Gasteiger partial charge >= 0.3 is 0 Å². The fourth-order valence-corrected chi connectivity index (χ4v) is 2.48. The minimum atomic E-state index is 0.209. The smallest absolute Gasteiger partial charge is 0.223 e. The zero-order valence-electron chi connectivity index (χ0n) is 8.96. The lowest BCUT2D eigenvalue weighted by Crippen LogP contribution is -2.32. The predicted octanol–water partition coefficient (Wildman–Crippen LogP) is 2.02. The van der Waals surface area contributed by atoms with Gasteiger partial charge < -0.3 is 10.6 Å². The van der Waals surface area contributed by atoms with Gasteiger partial charge in [-0.05, 0) is 25.0 Å². The number of thiophene rings is 1. The molecule has 1 aliphatic carbocycles. The molecule has 16 heavy (non-hydrogen) atoms. The molecule has 3 nitrogen and oxygen atoms in total. The van der Waals surface area contributed by atoms with E-state index in [0.29, 0.717) is 12.5 Å². The summed E-state index contributed by atoms with van der Waals surface area (Å²) in [5, 5.41) is 6.18. The van der Waals surface area contributed by atoms with E-state index in [9.17, 15) is 4.79 Å². The van der Waals surface area contributed by atoms with E-state index in [1.54, 1.807) is 11.3 Å². The van der Waals surface area contributed by atoms with Crippen molar-refractivity contribution < 1.29 is 4.79 Å². The molecule has 0 bridgehead atoms. The number of hydrogen-bond acceptors (Lipinski definition) is 3. The third-order valence-corrected chi connectivity index (χ3v) is 3.71. The highest BCUT2D eigenvalue weighted by molar-refractivity contribution is 7.16. The molecule has 1 fully saturated rings. The lowest BCUT2D eigenvalue weighted by atomic mass is 10.4. The van der Waals surface area contributed by atoms with E-state index in [0.717, 1.165) is 30.3 Å². The van der Waals surface area contributed by atoms with Crippen LogP contribution >= 0.6 is 22.9 Å². The van der Waals surface area contributed by atoms with Crippen molar-refractivity contribution in [2.24, 2.45) is 5.92 Å². The Balaban J connectivity index is 1.53. The van der Waals surface area contributed by atoms with Gasteiger partial charge in [0.2, 0.25) is 5.91 Å². The first kappa shape index (κ1) is 11.9. The molecule has 0 unspecified atom stereocenters. The maximum Gasteiger partial charge on any atom is 0.223 e. The molecule has 0 saturated heterocycles. The molecule has 88 valence electrons. The van der Waals surface area contributed by atoms with Crippen LogP contribution in [0.4, 0.5) is 0 Å². The van der Waals surface area contributed by atoms with Crippen molar-refractivity contribution in [3.8, 4) is 0 Å². The lowest BCUT2D eigenvalue weighted by Gasteiger charge is -2.05. The third-order valence-electron chi connectivity index (χ3n) is 2.48. The van der Waals surface area contributed by atoms with Gasteiger partial charge in [-0.3, -0.25) is 4.79 Å². The summed E-state index contributed by atoms with van der Waals surface area (Å²) < 4.78 is 0.818. The first-order chi connectivity index (χ1) is 7.75. The quantitative estimate of drug-likeness (QED) is 0.767. The summed E-state index contributed by atoms with van der Waals surface area (Å²) in [6, 6.07) is 3.92. The molecule has 1 heterocycles. The van der Waals surface area contributed by atoms with Gasteiger partial charge in [0, 0.05) is 30.4 Å². The average Bonchev–Trinajstić information content (AvgIpc) is 3.03. The second kappa shape index (κ2) is 5.66. The van der Waals surface area contributed by atoms with Crippen LogP contribution < -0.4 is 10.6 Å². The highest BCUT2D eigenvalue weighted by Crippen LogP contribution is 2.28. The molecular weight excluding hydrogens is 244 g/mol. The van der Waals surface area contributed by atoms with Crippen molar-refractivity contribution in [2.75, 3.05) is 13.1 Å². The van der Waals surface area contributed by atoms with Gasteiger partial charge in [0.25, 0.3) is 0 Å². The van der Waals surface area contributed by atoms with E-state index in [-0.39, 0.29) is 5.91 Å². The molecule has 1 aromatic rings. The molecule has 2 rings (SSSR count). The largest absolute Gasteiger partial charge is 0.355 e. The molecular formula is C11H15ClN2OS. The number of rotatable bonds is 6. The Bertz CT molecular complexity index is 363. The second-order valence-corrected chi connectivity index (χ2v) is 5.75. The predicted molar refractivity (Wildman–Crippen MR) is 66.8 cm³/mol. The minimum absolute atomic E-state index is 0.209. The molecule has 1 saturated carbocycles. The summed E-state index contributed by atoms with van der Waals surface area (Å²) in [6.45, 7) is 2.32. The number of nitrogens with one attached hydrogen (secondary N) is 2. The summed E-state index contributed by atoms with van der Waals surface area (Å²) in [6.07, 6.45) is 2.12. The summed E-state index contributed by atoms with van der Waals surface area (Å²) in [4.78, 5) is 12.5. The van der Waals surface area contributed by atoms with Crippen molar-refractivity contribution >= 4 is 28.8 Å². The van der Waals surface area contributed by atoms with E-state index in [1.165, 1.54) is 4.88 Å². The van der Waals surface area contributed by atoms with Crippen LogP contribution in [0.5, 0.6) is 0 Å². The first-order valence-corrected chi connectivity index (χ1v) is 6.68. The molecule has 0 aromatic carbocycles. The Hall–Kier alpha value is -0.580. The van der Waals surface area contributed by atoms with Crippen molar-refractivity contribution in [3.05, 3.63) is 21.3 Å². The highest BCUT2D eigenvalue weighted by Gasteiger charge is 2.28. The number of amides is 1. The molecule has 0 atom stereocenters. The molecule has 1 aliphatic rings. The van der Waals surface area contributed by atoms with E-state index in [4.69, 9.17) is 11.6 Å². The Morgan fingerprint density at radius 1 is 1.44 bits per heavy atom. The van der Waals surface area contributed by atoms with Crippen molar-refractivity contribution in [2.45, 2.75) is 19.4 Å². The van der Waals surface area contributed by atoms with Crippen molar-refractivity contribution in [1.29, 1.82) is 0 Å². The fourth-order valence-electron chi connectivity index (χ4n) is 1.42. The van der Waals surface area contributed by atoms with Gasteiger partial charge in [-0.1, -0.05) is 11.6 Å². The number of hydrogen-bond donors (Lipinski definition) is 2. The summed E-state index contributed by atoms with van der Waals surface area (Å²) in [5.41, 5.74) is 0. The summed E-state index contributed by atoms with van der Waals surface area (Å²) >= 11 is 7.40. The molecule has 2 N–H and O–H groups in total. The normalized spacial score (nSPS) is 15.1. The maximum atomic E-state index is 11.3. The van der Waals surface area contributed by atoms with Gasteiger partial charge in [0.05, 0.1) is 4.34 Å². The molecule has 0 aliphatic heterocycles. The Morgan fingerprint density at radius 3 is 2.88 bits per heavy atom.